The SMILES string of the molecule is COc1nnccc1NC(=O)NC(CCC(=O)O)Cc1ccccc1. The van der Waals surface area contributed by atoms with Crippen LogP contribution in [0.25, 0.3) is 0 Å². The molecule has 0 saturated heterocycles. The van der Waals surface area contributed by atoms with Crippen LogP contribution in [0.2, 0.25) is 0 Å². The number of nitrogens with one attached hydrogen (secondary N) is 2. The summed E-state index contributed by atoms with van der Waals surface area (Å²) in [6.45, 7) is 0. The summed E-state index contributed by atoms with van der Waals surface area (Å²) in [6.07, 6.45) is 2.26. The molecule has 0 aliphatic rings. The van der Waals surface area contributed by atoms with Gasteiger partial charge in [-0.2, -0.15) is 5.10 Å². The van der Waals surface area contributed by atoms with Crippen molar-refractivity contribution in [3.8, 4) is 5.88 Å². The number of nitrogens with zero attached hydrogens (tertiary/aromatic N) is 2. The number of methoxy groups -OCH3 is 1. The smallest absolute Gasteiger partial charge is 0.319 e. The van der Waals surface area contributed by atoms with Crippen molar-refractivity contribution in [3.63, 3.8) is 0 Å². The van der Waals surface area contributed by atoms with Crippen LogP contribution in [-0.4, -0.2) is 40.5 Å². The molecule has 132 valence electrons. The number of carboxylic acid groups (broad SMARTS) is 1. The molecule has 1 heterocycles. The van der Waals surface area contributed by atoms with E-state index in [4.69, 9.17) is 9.84 Å². The Morgan fingerprint density at radius 3 is 2.68 bits per heavy atom. The van der Waals surface area contributed by atoms with Crippen molar-refractivity contribution in [3.05, 3.63) is 48.2 Å². The molecule has 1 atom stereocenters. The Labute approximate surface area is 145 Å². The van der Waals surface area contributed by atoms with Gasteiger partial charge in [-0.3, -0.25) is 4.79 Å². The molecule has 0 spiro atoms. The van der Waals surface area contributed by atoms with E-state index in [-0.39, 0.29) is 18.3 Å². The Morgan fingerprint density at radius 2 is 2.00 bits per heavy atom. The van der Waals surface area contributed by atoms with Crippen LogP contribution in [0.3, 0.4) is 0 Å². The summed E-state index contributed by atoms with van der Waals surface area (Å²) in [4.78, 5) is 23.1. The molecular weight excluding hydrogens is 324 g/mol. The molecule has 8 heteroatoms. The number of hydrogen-bond donors (Lipinski definition) is 3. The highest BCUT2D eigenvalue weighted by Gasteiger charge is 2.16. The molecule has 1 aromatic heterocycles. The molecule has 25 heavy (non-hydrogen) atoms. The van der Waals surface area contributed by atoms with Gasteiger partial charge in [-0.1, -0.05) is 30.3 Å². The molecule has 8 nitrogen and oxygen atoms in total. The summed E-state index contributed by atoms with van der Waals surface area (Å²) in [5.41, 5.74) is 1.40. The number of urea groups is 1. The van der Waals surface area contributed by atoms with Crippen LogP contribution in [0.4, 0.5) is 10.5 Å². The molecule has 2 amide bonds. The number of anilines is 1. The van der Waals surface area contributed by atoms with Crippen molar-refractivity contribution in [2.45, 2.75) is 25.3 Å². The van der Waals surface area contributed by atoms with Crippen LogP contribution in [0.15, 0.2) is 42.6 Å². The molecule has 0 aliphatic carbocycles. The largest absolute Gasteiger partial charge is 0.481 e. The van der Waals surface area contributed by atoms with Gasteiger partial charge >= 0.3 is 12.0 Å². The minimum Gasteiger partial charge on any atom is -0.481 e. The number of benzene rings is 1. The Hall–Kier alpha value is -3.16. The summed E-state index contributed by atoms with van der Waals surface area (Å²) >= 11 is 0. The van der Waals surface area contributed by atoms with Crippen LogP contribution >= 0.6 is 0 Å². The minimum absolute atomic E-state index is 0.0298. The normalized spacial score (nSPS) is 11.4. The van der Waals surface area contributed by atoms with E-state index in [1.54, 1.807) is 6.07 Å². The highest BCUT2D eigenvalue weighted by atomic mass is 16.5. The minimum atomic E-state index is -0.903. The van der Waals surface area contributed by atoms with Crippen molar-refractivity contribution in [2.75, 3.05) is 12.4 Å². The van der Waals surface area contributed by atoms with Gasteiger partial charge in [-0.05, 0) is 24.5 Å². The Balaban J connectivity index is 2.01. The van der Waals surface area contributed by atoms with Crippen molar-refractivity contribution in [1.29, 1.82) is 0 Å². The third-order valence-corrected chi connectivity index (χ3v) is 3.50. The van der Waals surface area contributed by atoms with Gasteiger partial charge in [0.05, 0.1) is 13.3 Å². The van der Waals surface area contributed by atoms with Crippen LogP contribution in [0, 0.1) is 0 Å². The zero-order valence-corrected chi connectivity index (χ0v) is 13.8. The van der Waals surface area contributed by atoms with Crippen LogP contribution in [-0.2, 0) is 11.2 Å². The number of hydrogen-bond acceptors (Lipinski definition) is 5. The molecular formula is C17H20N4O4. The van der Waals surface area contributed by atoms with E-state index in [1.807, 2.05) is 30.3 Å². The van der Waals surface area contributed by atoms with Crippen molar-refractivity contribution >= 4 is 17.7 Å². The fraction of sp³-hybridized carbons (Fsp3) is 0.294. The van der Waals surface area contributed by atoms with E-state index in [0.29, 0.717) is 18.5 Å². The van der Waals surface area contributed by atoms with Crippen molar-refractivity contribution in [2.24, 2.45) is 0 Å². The van der Waals surface area contributed by atoms with Gasteiger partial charge in [0.1, 0.15) is 5.69 Å². The Kier molecular flexibility index (Phi) is 6.70. The summed E-state index contributed by atoms with van der Waals surface area (Å²) in [7, 11) is 1.43. The second-order valence-corrected chi connectivity index (χ2v) is 5.37. The number of carboxylic acids is 1. The van der Waals surface area contributed by atoms with E-state index in [0.717, 1.165) is 5.56 Å². The first-order valence-corrected chi connectivity index (χ1v) is 7.77. The van der Waals surface area contributed by atoms with Crippen molar-refractivity contribution < 1.29 is 19.4 Å². The average Bonchev–Trinajstić information content (AvgIpc) is 2.61. The standard InChI is InChI=1S/C17H20N4O4/c1-25-16-14(9-10-18-21-16)20-17(24)19-13(7-8-15(22)23)11-12-5-3-2-4-6-12/h2-6,9-10,13H,7-8,11H2,1H3,(H,22,23)(H2,18,19,20,24). The molecule has 1 aromatic carbocycles. The maximum absolute atomic E-state index is 12.3. The fourth-order valence-corrected chi connectivity index (χ4v) is 2.33. The monoisotopic (exact) mass is 344 g/mol. The molecule has 0 fully saturated rings. The van der Waals surface area contributed by atoms with E-state index in [1.165, 1.54) is 13.3 Å². The quantitative estimate of drug-likeness (QED) is 0.676. The zero-order valence-electron chi connectivity index (χ0n) is 13.8. The lowest BCUT2D eigenvalue weighted by atomic mass is 10.0. The maximum Gasteiger partial charge on any atom is 0.319 e. The van der Waals surface area contributed by atoms with Gasteiger partial charge in [-0.15, -0.1) is 5.10 Å². The lowest BCUT2D eigenvalue weighted by Gasteiger charge is -2.19. The van der Waals surface area contributed by atoms with Gasteiger partial charge in [-0.25, -0.2) is 4.79 Å². The molecule has 0 bridgehead atoms. The molecule has 1 unspecified atom stereocenters. The van der Waals surface area contributed by atoms with Crippen LogP contribution < -0.4 is 15.4 Å². The highest BCUT2D eigenvalue weighted by molar-refractivity contribution is 5.90. The topological polar surface area (TPSA) is 113 Å². The lowest BCUT2D eigenvalue weighted by Crippen LogP contribution is -2.39. The predicted octanol–water partition coefficient (Wildman–Crippen LogP) is 2.08. The van der Waals surface area contributed by atoms with Gasteiger partial charge < -0.3 is 20.5 Å². The van der Waals surface area contributed by atoms with Gasteiger partial charge in [0, 0.05) is 12.5 Å². The molecule has 2 aromatic rings. The number of ether oxygens (including phenoxy) is 1. The molecule has 0 aliphatic heterocycles. The van der Waals surface area contributed by atoms with E-state index < -0.39 is 12.0 Å². The molecule has 3 N–H and O–H groups in total. The summed E-state index contributed by atoms with van der Waals surface area (Å²) < 4.78 is 5.03. The maximum atomic E-state index is 12.3. The summed E-state index contributed by atoms with van der Waals surface area (Å²) in [6, 6.07) is 10.4. The number of aliphatic carboxylic acids is 1. The first kappa shape index (κ1) is 18.2. The van der Waals surface area contributed by atoms with E-state index >= 15 is 0 Å². The summed E-state index contributed by atoms with van der Waals surface area (Å²) in [5.74, 6) is -0.705. The average molecular weight is 344 g/mol. The number of carbonyl (C=O) groups excluding carboxylic acids is 1. The second kappa shape index (κ2) is 9.21. The van der Waals surface area contributed by atoms with Crippen LogP contribution in [0.1, 0.15) is 18.4 Å². The Bertz CT molecular complexity index is 709. The highest BCUT2D eigenvalue weighted by Crippen LogP contribution is 2.18. The third kappa shape index (κ3) is 6.09. The van der Waals surface area contributed by atoms with E-state index in [2.05, 4.69) is 20.8 Å². The third-order valence-electron chi connectivity index (χ3n) is 3.50. The van der Waals surface area contributed by atoms with Gasteiger partial charge in [0.25, 0.3) is 5.88 Å². The van der Waals surface area contributed by atoms with Crippen LogP contribution in [0.5, 0.6) is 5.88 Å². The van der Waals surface area contributed by atoms with Gasteiger partial charge in [0.2, 0.25) is 0 Å². The second-order valence-electron chi connectivity index (χ2n) is 5.37. The van der Waals surface area contributed by atoms with E-state index in [9.17, 15) is 9.59 Å². The first-order chi connectivity index (χ1) is 12.1. The Morgan fingerprint density at radius 1 is 1.24 bits per heavy atom. The predicted molar refractivity (Wildman–Crippen MR) is 91.5 cm³/mol. The fourth-order valence-electron chi connectivity index (χ4n) is 2.33. The lowest BCUT2D eigenvalue weighted by molar-refractivity contribution is -0.137. The number of amides is 2. The number of carbonyl (C=O) groups is 2. The zero-order chi connectivity index (χ0) is 18.1. The number of aromatic nitrogens is 2. The molecule has 0 radical (unpaired) electrons. The first-order valence-electron chi connectivity index (χ1n) is 7.77. The molecule has 0 saturated carbocycles. The van der Waals surface area contributed by atoms with Crippen molar-refractivity contribution in [1.82, 2.24) is 15.5 Å². The molecule has 2 rings (SSSR count). The van der Waals surface area contributed by atoms with Gasteiger partial charge in [0.15, 0.2) is 0 Å². The summed E-state index contributed by atoms with van der Waals surface area (Å²) in [5, 5.41) is 21.8. The number of rotatable bonds is 8.